The van der Waals surface area contributed by atoms with E-state index in [9.17, 15) is 14.4 Å². The van der Waals surface area contributed by atoms with Crippen LogP contribution in [0.2, 0.25) is 0 Å². The minimum absolute atomic E-state index is 0.255. The number of ketones is 1. The summed E-state index contributed by atoms with van der Waals surface area (Å²) in [6.45, 7) is 7.97. The van der Waals surface area contributed by atoms with E-state index < -0.39 is 29.4 Å². The van der Waals surface area contributed by atoms with Gasteiger partial charge in [-0.15, -0.1) is 0 Å². The number of amides is 2. The van der Waals surface area contributed by atoms with Gasteiger partial charge in [-0.1, -0.05) is 12.1 Å². The lowest BCUT2D eigenvalue weighted by atomic mass is 9.87. The van der Waals surface area contributed by atoms with Crippen LogP contribution in [0.25, 0.3) is 0 Å². The molecular formula is C19H25NO6. The third-order valence-corrected chi connectivity index (χ3v) is 4.32. The van der Waals surface area contributed by atoms with Crippen LogP contribution in [0.15, 0.2) is 24.3 Å². The van der Waals surface area contributed by atoms with Gasteiger partial charge in [-0.3, -0.25) is 4.79 Å². The van der Waals surface area contributed by atoms with Gasteiger partial charge in [-0.05, 0) is 58.7 Å². The van der Waals surface area contributed by atoms with E-state index in [2.05, 4.69) is 0 Å². The van der Waals surface area contributed by atoms with Crippen LogP contribution in [0.4, 0.5) is 9.59 Å². The Bertz CT molecular complexity index is 706. The van der Waals surface area contributed by atoms with Crippen molar-refractivity contribution in [2.75, 3.05) is 7.11 Å². The molecule has 0 N–H and O–H groups in total. The van der Waals surface area contributed by atoms with Crippen LogP contribution in [0, 0.1) is 0 Å². The first-order valence-electron chi connectivity index (χ1n) is 8.37. The zero-order valence-electron chi connectivity index (χ0n) is 16.0. The summed E-state index contributed by atoms with van der Waals surface area (Å²) in [6.07, 6.45) is -1.45. The summed E-state index contributed by atoms with van der Waals surface area (Å²) in [4.78, 5) is 38.0. The highest BCUT2D eigenvalue weighted by Crippen LogP contribution is 2.34. The highest BCUT2D eigenvalue weighted by molar-refractivity contribution is 5.97. The molecule has 0 saturated carbocycles. The lowest BCUT2D eigenvalue weighted by molar-refractivity contribution is -0.132. The lowest BCUT2D eigenvalue weighted by Crippen LogP contribution is -2.52. The SMILES string of the molecule is COc1ccc(C[C@H]2N(C(=O)OC(C)(C)C)C(=O)O[C@]2(C)C(C)=O)cc1. The second-order valence-corrected chi connectivity index (χ2v) is 7.45. The molecule has 2 rings (SSSR count). The molecule has 7 nitrogen and oxygen atoms in total. The molecule has 0 aromatic heterocycles. The topological polar surface area (TPSA) is 82.1 Å². The van der Waals surface area contributed by atoms with Gasteiger partial charge in [-0.25, -0.2) is 14.5 Å². The Kier molecular flexibility index (Phi) is 5.30. The number of methoxy groups -OCH3 is 1. The number of cyclic esters (lactones) is 1. The van der Waals surface area contributed by atoms with Gasteiger partial charge < -0.3 is 14.2 Å². The Labute approximate surface area is 153 Å². The number of hydrogen-bond donors (Lipinski definition) is 0. The van der Waals surface area contributed by atoms with E-state index in [0.29, 0.717) is 5.75 Å². The van der Waals surface area contributed by atoms with E-state index in [1.54, 1.807) is 40.0 Å². The molecule has 7 heteroatoms. The molecule has 1 heterocycles. The molecule has 1 fully saturated rings. The van der Waals surface area contributed by atoms with E-state index in [1.165, 1.54) is 13.8 Å². The quantitative estimate of drug-likeness (QED) is 0.816. The van der Waals surface area contributed by atoms with Crippen LogP contribution >= 0.6 is 0 Å². The Morgan fingerprint density at radius 1 is 1.23 bits per heavy atom. The molecule has 2 amide bonds. The third-order valence-electron chi connectivity index (χ3n) is 4.32. The highest BCUT2D eigenvalue weighted by atomic mass is 16.6. The maximum absolute atomic E-state index is 12.6. The summed E-state index contributed by atoms with van der Waals surface area (Å²) >= 11 is 0. The molecule has 0 bridgehead atoms. The lowest BCUT2D eigenvalue weighted by Gasteiger charge is -2.30. The third kappa shape index (κ3) is 3.98. The van der Waals surface area contributed by atoms with Crippen molar-refractivity contribution >= 4 is 18.0 Å². The number of imide groups is 1. The van der Waals surface area contributed by atoms with Crippen LogP contribution in [0.5, 0.6) is 5.75 Å². The summed E-state index contributed by atoms with van der Waals surface area (Å²) in [5.74, 6) is 0.348. The maximum atomic E-state index is 12.6. The fourth-order valence-electron chi connectivity index (χ4n) is 2.76. The Morgan fingerprint density at radius 2 is 1.81 bits per heavy atom. The minimum atomic E-state index is -1.44. The van der Waals surface area contributed by atoms with Crippen LogP contribution in [0.3, 0.4) is 0 Å². The molecule has 0 radical (unpaired) electrons. The Morgan fingerprint density at radius 3 is 2.27 bits per heavy atom. The van der Waals surface area contributed by atoms with Gasteiger partial charge in [0.1, 0.15) is 11.4 Å². The zero-order chi connectivity index (χ0) is 19.7. The fourth-order valence-corrected chi connectivity index (χ4v) is 2.76. The van der Waals surface area contributed by atoms with Crippen molar-refractivity contribution in [1.29, 1.82) is 0 Å². The van der Waals surface area contributed by atoms with Gasteiger partial charge in [-0.2, -0.15) is 0 Å². The monoisotopic (exact) mass is 363 g/mol. The van der Waals surface area contributed by atoms with Gasteiger partial charge >= 0.3 is 12.2 Å². The molecule has 26 heavy (non-hydrogen) atoms. The van der Waals surface area contributed by atoms with Crippen molar-refractivity contribution in [2.24, 2.45) is 0 Å². The number of benzene rings is 1. The first-order valence-corrected chi connectivity index (χ1v) is 8.37. The minimum Gasteiger partial charge on any atom is -0.497 e. The molecule has 2 atom stereocenters. The van der Waals surface area contributed by atoms with Crippen LogP contribution < -0.4 is 4.74 Å². The van der Waals surface area contributed by atoms with Crippen molar-refractivity contribution in [3.8, 4) is 5.75 Å². The smallest absolute Gasteiger partial charge is 0.420 e. The fraction of sp³-hybridized carbons (Fsp3) is 0.526. The number of nitrogens with zero attached hydrogens (tertiary/aromatic N) is 1. The van der Waals surface area contributed by atoms with E-state index in [1.807, 2.05) is 12.1 Å². The van der Waals surface area contributed by atoms with Gasteiger partial charge in [0.25, 0.3) is 0 Å². The highest BCUT2D eigenvalue weighted by Gasteiger charge is 2.57. The number of hydrogen-bond acceptors (Lipinski definition) is 6. The summed E-state index contributed by atoms with van der Waals surface area (Å²) in [5.41, 5.74) is -1.39. The molecule has 0 unspecified atom stereocenters. The first kappa shape index (κ1) is 19.8. The molecular weight excluding hydrogens is 338 g/mol. The van der Waals surface area contributed by atoms with E-state index in [0.717, 1.165) is 10.5 Å². The summed E-state index contributed by atoms with van der Waals surface area (Å²) in [5, 5.41) is 0. The largest absolute Gasteiger partial charge is 0.497 e. The standard InChI is InChI=1S/C19H25NO6/c1-12(21)19(5)15(11-13-7-9-14(24-6)10-8-13)20(17(23)26-19)16(22)25-18(2,3)4/h7-10,15H,11H2,1-6H3/t15-,19-/m1/s1. The zero-order valence-corrected chi connectivity index (χ0v) is 16.0. The van der Waals surface area contributed by atoms with E-state index in [4.69, 9.17) is 14.2 Å². The van der Waals surface area contributed by atoms with Crippen molar-refractivity contribution < 1.29 is 28.6 Å². The summed E-state index contributed by atoms with van der Waals surface area (Å²) < 4.78 is 15.8. The number of Topliss-reactive ketones (excluding diaryl/α,β-unsaturated/α-hetero) is 1. The van der Waals surface area contributed by atoms with E-state index >= 15 is 0 Å². The van der Waals surface area contributed by atoms with Gasteiger partial charge in [0, 0.05) is 0 Å². The maximum Gasteiger partial charge on any atom is 0.420 e. The van der Waals surface area contributed by atoms with Gasteiger partial charge in [0.05, 0.1) is 13.2 Å². The number of carbonyl (C=O) groups is 3. The molecule has 1 aromatic carbocycles. The summed E-state index contributed by atoms with van der Waals surface area (Å²) in [7, 11) is 1.57. The molecule has 1 saturated heterocycles. The van der Waals surface area contributed by atoms with Crippen LogP contribution in [-0.4, -0.2) is 47.2 Å². The molecule has 1 aromatic rings. The van der Waals surface area contributed by atoms with Crippen molar-refractivity contribution in [1.82, 2.24) is 4.90 Å². The molecule has 0 spiro atoms. The van der Waals surface area contributed by atoms with Crippen molar-refractivity contribution in [2.45, 2.75) is 58.3 Å². The van der Waals surface area contributed by atoms with Gasteiger partial charge in [0.15, 0.2) is 11.4 Å². The average molecular weight is 363 g/mol. The molecule has 142 valence electrons. The van der Waals surface area contributed by atoms with Crippen LogP contribution in [-0.2, 0) is 20.7 Å². The summed E-state index contributed by atoms with van der Waals surface area (Å²) in [6, 6.07) is 6.37. The first-order chi connectivity index (χ1) is 12.0. The Balaban J connectivity index is 2.36. The second kappa shape index (κ2) is 6.97. The van der Waals surface area contributed by atoms with Gasteiger partial charge in [0.2, 0.25) is 0 Å². The predicted octanol–water partition coefficient (Wildman–Crippen LogP) is 3.34. The number of ether oxygens (including phenoxy) is 3. The number of rotatable bonds is 4. The molecule has 1 aliphatic rings. The molecule has 0 aliphatic carbocycles. The molecule has 1 aliphatic heterocycles. The normalized spacial score (nSPS) is 22.8. The van der Waals surface area contributed by atoms with Crippen molar-refractivity contribution in [3.05, 3.63) is 29.8 Å². The van der Waals surface area contributed by atoms with Crippen molar-refractivity contribution in [3.63, 3.8) is 0 Å². The number of carbonyl (C=O) groups excluding carboxylic acids is 3. The second-order valence-electron chi connectivity index (χ2n) is 7.45. The van der Waals surface area contributed by atoms with Crippen LogP contribution in [0.1, 0.15) is 40.2 Å². The Hall–Kier alpha value is -2.57. The van der Waals surface area contributed by atoms with E-state index in [-0.39, 0.29) is 12.2 Å². The average Bonchev–Trinajstić information content (AvgIpc) is 2.78. The predicted molar refractivity (Wildman–Crippen MR) is 94.1 cm³/mol.